The number of amides is 2. The van der Waals surface area contributed by atoms with Crippen molar-refractivity contribution in [2.24, 2.45) is 15.9 Å². The van der Waals surface area contributed by atoms with Crippen molar-refractivity contribution in [1.82, 2.24) is 25.8 Å². The highest BCUT2D eigenvalue weighted by atomic mass is 32.1. The second-order valence-corrected chi connectivity index (χ2v) is 11.7. The summed E-state index contributed by atoms with van der Waals surface area (Å²) in [6, 6.07) is 6.45. The monoisotopic (exact) mass is 643 g/mol. The summed E-state index contributed by atoms with van der Waals surface area (Å²) in [5.41, 5.74) is 11.5. The number of thiazole rings is 1. The van der Waals surface area contributed by atoms with Crippen LogP contribution in [0.4, 0.5) is 9.93 Å². The summed E-state index contributed by atoms with van der Waals surface area (Å²) < 4.78 is 16.3. The first-order valence-corrected chi connectivity index (χ1v) is 15.2. The van der Waals surface area contributed by atoms with Crippen LogP contribution >= 0.6 is 11.3 Å². The fourth-order valence-electron chi connectivity index (χ4n) is 5.26. The van der Waals surface area contributed by atoms with Crippen molar-refractivity contribution in [2.45, 2.75) is 43.0 Å². The lowest BCUT2D eigenvalue weighted by Crippen LogP contribution is -2.95. The van der Waals surface area contributed by atoms with Crippen LogP contribution in [0.25, 0.3) is 0 Å². The zero-order valence-corrected chi connectivity index (χ0v) is 24.8. The fourth-order valence-corrected chi connectivity index (χ4v) is 5.81. The Hall–Kier alpha value is -4.52. The van der Waals surface area contributed by atoms with E-state index in [-0.39, 0.29) is 35.7 Å². The summed E-state index contributed by atoms with van der Waals surface area (Å²) >= 11 is 1.07. The van der Waals surface area contributed by atoms with Crippen molar-refractivity contribution in [2.75, 3.05) is 45.1 Å². The maximum atomic E-state index is 13.4. The van der Waals surface area contributed by atoms with Crippen LogP contribution in [0.2, 0.25) is 0 Å². The van der Waals surface area contributed by atoms with Crippen molar-refractivity contribution in [3.63, 3.8) is 0 Å². The van der Waals surface area contributed by atoms with Crippen LogP contribution in [0.15, 0.2) is 39.8 Å². The fraction of sp³-hybridized carbons (Fsp3) is 0.481. The lowest BCUT2D eigenvalue weighted by molar-refractivity contribution is -0.377. The van der Waals surface area contributed by atoms with Crippen molar-refractivity contribution in [1.29, 1.82) is 0 Å². The van der Waals surface area contributed by atoms with Gasteiger partial charge in [-0.2, -0.15) is 0 Å². The van der Waals surface area contributed by atoms with Crippen LogP contribution < -0.4 is 32.2 Å². The Balaban J connectivity index is 1.08. The van der Waals surface area contributed by atoms with Gasteiger partial charge in [0.25, 0.3) is 12.0 Å². The van der Waals surface area contributed by atoms with Crippen molar-refractivity contribution in [3.05, 3.63) is 40.9 Å². The van der Waals surface area contributed by atoms with Gasteiger partial charge in [-0.05, 0) is 50.2 Å². The van der Waals surface area contributed by atoms with E-state index in [1.165, 1.54) is 10.3 Å². The number of cyclic esters (lactones) is 1. The third-order valence-corrected chi connectivity index (χ3v) is 8.47. The molecular weight excluding hydrogens is 610 g/mol. The second-order valence-electron chi connectivity index (χ2n) is 10.8. The van der Waals surface area contributed by atoms with E-state index >= 15 is 0 Å². The molecule has 5 aliphatic rings. The lowest BCUT2D eigenvalue weighted by atomic mass is 9.84. The normalized spacial score (nSPS) is 25.5. The van der Waals surface area contributed by atoms with Crippen LogP contribution in [0.5, 0.6) is 5.75 Å². The molecule has 45 heavy (non-hydrogen) atoms. The highest BCUT2D eigenvalue weighted by molar-refractivity contribution is 7.13. The Morgan fingerprint density at radius 2 is 2.04 bits per heavy atom. The number of nitrogens with zero attached hydrogens (tertiary/aromatic N) is 4. The zero-order valence-electron chi connectivity index (χ0n) is 24.0. The highest BCUT2D eigenvalue weighted by Gasteiger charge is 2.69. The van der Waals surface area contributed by atoms with Crippen molar-refractivity contribution < 1.29 is 38.5 Å². The molecule has 2 aromatic rings. The maximum absolute atomic E-state index is 13.4. The van der Waals surface area contributed by atoms with Crippen LogP contribution in [0, 0.1) is 0 Å². The third kappa shape index (κ3) is 6.63. The first-order chi connectivity index (χ1) is 21.7. The number of aliphatic imine (C=N–C) groups is 1. The molecule has 17 nitrogen and oxygen atoms in total. The summed E-state index contributed by atoms with van der Waals surface area (Å²) in [6.07, 6.45) is -0.653. The zero-order chi connectivity index (χ0) is 31.6. The summed E-state index contributed by atoms with van der Waals surface area (Å²) in [5, 5.41) is 24.5. The molecule has 5 saturated heterocycles. The van der Waals surface area contributed by atoms with E-state index < -0.39 is 48.7 Å². The van der Waals surface area contributed by atoms with Gasteiger partial charge in [-0.25, -0.2) is 14.6 Å². The number of amidine groups is 1. The molecule has 0 saturated carbocycles. The SMILES string of the molecule is NC(=NC1CCNCC1)c1ccc(OCC(O/N=C(\C(=O)N[C@H]2C3N[C@]2(CN2CCOC2=O)O3)c2csc(N)n2)C(=O)O)cc1. The first kappa shape index (κ1) is 30.5. The molecule has 6 heterocycles. The van der Waals surface area contributed by atoms with E-state index in [2.05, 4.69) is 31.1 Å². The first-order valence-electron chi connectivity index (χ1n) is 14.3. The Labute approximate surface area is 260 Å². The van der Waals surface area contributed by atoms with E-state index in [1.807, 2.05) is 0 Å². The Kier molecular flexibility index (Phi) is 8.70. The quantitative estimate of drug-likeness (QED) is 0.0876. The number of nitrogen functional groups attached to an aromatic ring is 1. The summed E-state index contributed by atoms with van der Waals surface area (Å²) in [5.74, 6) is -1.26. The molecule has 5 aliphatic heterocycles. The van der Waals surface area contributed by atoms with Gasteiger partial charge >= 0.3 is 12.1 Å². The van der Waals surface area contributed by atoms with Crippen molar-refractivity contribution in [3.8, 4) is 5.75 Å². The predicted octanol–water partition coefficient (Wildman–Crippen LogP) is -0.972. The second kappa shape index (κ2) is 12.8. The molecule has 8 N–H and O–H groups in total. The maximum Gasteiger partial charge on any atom is 0.410 e. The number of carbonyl (C=O) groups is 3. The van der Waals surface area contributed by atoms with E-state index in [1.54, 1.807) is 24.3 Å². The van der Waals surface area contributed by atoms with E-state index in [0.29, 0.717) is 18.1 Å². The summed E-state index contributed by atoms with van der Waals surface area (Å²) in [6.45, 7) is 2.23. The third-order valence-electron chi connectivity index (χ3n) is 7.79. The number of aliphatic carboxylic acids is 1. The number of anilines is 1. The summed E-state index contributed by atoms with van der Waals surface area (Å²) in [7, 11) is 0. The van der Waals surface area contributed by atoms with Gasteiger partial charge in [0.1, 0.15) is 42.8 Å². The Morgan fingerprint density at radius 3 is 2.64 bits per heavy atom. The molecule has 2 bridgehead atoms. The average molecular weight is 644 g/mol. The molecule has 0 aliphatic carbocycles. The van der Waals surface area contributed by atoms with Gasteiger partial charge in [0.05, 0.1) is 19.1 Å². The number of hydrogen-bond donors (Lipinski definition) is 6. The van der Waals surface area contributed by atoms with Gasteiger partial charge in [-0.3, -0.25) is 15.1 Å². The number of piperidine rings is 1. The largest absolute Gasteiger partial charge is 0.489 e. The number of hydrogen-bond acceptors (Lipinski definition) is 14. The predicted molar refractivity (Wildman–Crippen MR) is 160 cm³/mol. The summed E-state index contributed by atoms with van der Waals surface area (Å²) in [4.78, 5) is 52.7. The van der Waals surface area contributed by atoms with E-state index in [9.17, 15) is 19.5 Å². The van der Waals surface area contributed by atoms with Crippen molar-refractivity contribution >= 4 is 46.0 Å². The Bertz CT molecular complexity index is 1490. The van der Waals surface area contributed by atoms with E-state index in [0.717, 1.165) is 42.8 Å². The molecule has 7 rings (SSSR count). The molecule has 2 unspecified atom stereocenters. The number of ether oxygens (including phenoxy) is 3. The molecule has 0 spiro atoms. The van der Waals surface area contributed by atoms with Gasteiger partial charge in [0, 0.05) is 10.9 Å². The number of benzene rings is 1. The molecule has 18 heteroatoms. The number of aromatic nitrogens is 1. The number of rotatable bonds is 13. The van der Waals surface area contributed by atoms with Gasteiger partial charge < -0.3 is 51.2 Å². The molecule has 5 fully saturated rings. The van der Waals surface area contributed by atoms with Crippen LogP contribution in [0.3, 0.4) is 0 Å². The van der Waals surface area contributed by atoms with Gasteiger partial charge in [-0.15, -0.1) is 11.3 Å². The van der Waals surface area contributed by atoms with Crippen LogP contribution in [-0.4, -0.2) is 114 Å². The molecule has 1 aromatic heterocycles. The number of nitrogens with one attached hydrogen (secondary N) is 3. The molecule has 240 valence electrons. The smallest absolute Gasteiger partial charge is 0.410 e. The van der Waals surface area contributed by atoms with E-state index in [4.69, 9.17) is 30.5 Å². The minimum Gasteiger partial charge on any atom is -0.489 e. The van der Waals surface area contributed by atoms with Crippen LogP contribution in [0.1, 0.15) is 24.1 Å². The highest BCUT2D eigenvalue weighted by Crippen LogP contribution is 2.42. The van der Waals surface area contributed by atoms with Gasteiger partial charge in [0.15, 0.2) is 16.6 Å². The van der Waals surface area contributed by atoms with Crippen LogP contribution in [-0.2, 0) is 23.9 Å². The minimum atomic E-state index is -1.57. The topological polar surface area (TPSA) is 237 Å². The number of carboxylic acid groups (broad SMARTS) is 1. The minimum absolute atomic E-state index is 0.0958. The molecule has 0 radical (unpaired) electrons. The van der Waals surface area contributed by atoms with Gasteiger partial charge in [-0.1, -0.05) is 5.16 Å². The number of nitrogens with two attached hydrogens (primary N) is 2. The number of carbonyl (C=O) groups excluding carboxylic acids is 2. The standard InChI is InChI=1S/C27H33N9O8S/c28-21(31-15-5-7-30-8-6-15)14-1-3-16(4-2-14)42-11-18(24(38)39)44-35-19(17-12-45-25(29)32-17)22(37)33-20-23-34-27(20,43-23)13-36-9-10-41-26(36)40/h1-4,12,15,18,20,23,30,34H,5-11,13H2,(H2,28,31)(H2,29,32)(H,33,37)(H,38,39)/b35-19-/t18?,20-,23?,27+/m0/s1. The average Bonchev–Trinajstić information content (AvgIpc) is 3.63. The number of carboxylic acids is 1. The molecule has 1 aromatic carbocycles. The Morgan fingerprint density at radius 1 is 1.29 bits per heavy atom. The molecule has 2 amide bonds. The molecule has 4 atom stereocenters. The number of oxime groups is 1. The van der Waals surface area contributed by atoms with Gasteiger partial charge in [0.2, 0.25) is 0 Å². The molecular formula is C27H33N9O8S. The lowest BCUT2D eigenvalue weighted by Gasteiger charge is -2.67.